The molecule has 4 aromatic rings. The number of aromatic amines is 1. The van der Waals surface area contributed by atoms with Crippen molar-refractivity contribution < 1.29 is 17.8 Å². The Bertz CT molecular complexity index is 1350. The first kappa shape index (κ1) is 19.0. The molecular formula is C23H23ClN6O3. The predicted molar refractivity (Wildman–Crippen MR) is 123 cm³/mol. The molecule has 2 aromatic carbocycles. The molecule has 0 bridgehead atoms. The quantitative estimate of drug-likeness (QED) is 0.321. The third kappa shape index (κ3) is 4.64. The number of halogens is 1. The van der Waals surface area contributed by atoms with Crippen molar-refractivity contribution in [3.05, 3.63) is 70.8 Å². The monoisotopic (exact) mass is 469 g/mol. The van der Waals surface area contributed by atoms with Crippen LogP contribution in [-0.2, 0) is 17.9 Å². The van der Waals surface area contributed by atoms with Crippen molar-refractivity contribution in [3.63, 3.8) is 0 Å². The summed E-state index contributed by atoms with van der Waals surface area (Å²) in [6.45, 7) is -0.669. The predicted octanol–water partition coefficient (Wildman–Crippen LogP) is 3.89. The van der Waals surface area contributed by atoms with Gasteiger partial charge in [-0.25, -0.2) is 4.98 Å². The van der Waals surface area contributed by atoms with Gasteiger partial charge >= 0.3 is 5.97 Å². The van der Waals surface area contributed by atoms with Crippen LogP contribution in [0.5, 0.6) is 0 Å². The molecule has 0 spiro atoms. The van der Waals surface area contributed by atoms with Crippen molar-refractivity contribution in [3.8, 4) is 22.5 Å². The number of carboxylic acid groups (broad SMARTS) is 1. The molecule has 0 aliphatic rings. The van der Waals surface area contributed by atoms with Crippen LogP contribution in [0.25, 0.3) is 22.5 Å². The molecule has 2 heterocycles. The lowest BCUT2D eigenvalue weighted by Crippen LogP contribution is -2.19. The van der Waals surface area contributed by atoms with Gasteiger partial charge in [0.2, 0.25) is 7.26 Å². The third-order valence-electron chi connectivity index (χ3n) is 5.36. The van der Waals surface area contributed by atoms with Gasteiger partial charge in [0.15, 0.2) is 5.15 Å². The van der Waals surface area contributed by atoms with E-state index in [1.165, 1.54) is 4.57 Å². The Labute approximate surface area is 199 Å². The number of hydrogen-bond acceptors (Lipinski definition) is 6. The van der Waals surface area contributed by atoms with E-state index in [1.54, 1.807) is 0 Å². The van der Waals surface area contributed by atoms with Crippen molar-refractivity contribution in [1.82, 2.24) is 30.2 Å². The zero-order chi connectivity index (χ0) is 25.9. The van der Waals surface area contributed by atoms with Gasteiger partial charge in [0, 0.05) is 12.1 Å². The van der Waals surface area contributed by atoms with Crippen LogP contribution < -0.4 is 0 Å². The molecular weight excluding hydrogens is 444 g/mol. The molecule has 0 radical (unpaired) electrons. The number of carbonyl (C=O) groups is 1. The maximum absolute atomic E-state index is 12.0. The second-order valence-corrected chi connectivity index (χ2v) is 7.81. The van der Waals surface area contributed by atoms with E-state index in [2.05, 4.69) is 30.7 Å². The maximum Gasteiger partial charge on any atom is 0.314 e. The second kappa shape index (κ2) is 9.93. The van der Waals surface area contributed by atoms with Gasteiger partial charge in [-0.2, -0.15) is 5.21 Å². The SMILES string of the molecule is [2H]OC([2H])([2H])c1c(Cl)nc(C(CCC)C(=O)O)n1Cc1ccc(-c2ccccc2-c2nn[nH]n2)cc1. The largest absolute Gasteiger partial charge is 0.481 e. The van der Waals surface area contributed by atoms with Gasteiger partial charge in [-0.05, 0) is 28.3 Å². The summed E-state index contributed by atoms with van der Waals surface area (Å²) in [4.78, 5) is 16.2. The summed E-state index contributed by atoms with van der Waals surface area (Å²) in [5, 5.41) is 28.1. The molecule has 0 fully saturated rings. The Morgan fingerprint density at radius 1 is 1.24 bits per heavy atom. The summed E-state index contributed by atoms with van der Waals surface area (Å²) in [6, 6.07) is 15.1. The number of nitrogens with zero attached hydrogens (tertiary/aromatic N) is 5. The Hall–Kier alpha value is -3.56. The number of imidazole rings is 1. The fourth-order valence-electron chi connectivity index (χ4n) is 3.79. The molecule has 0 amide bonds. The molecule has 4 rings (SSSR count). The number of aliphatic carboxylic acids is 1. The summed E-state index contributed by atoms with van der Waals surface area (Å²) in [6.07, 6.45) is 0.867. The van der Waals surface area contributed by atoms with Crippen LogP contribution in [0, 0.1) is 0 Å². The fraction of sp³-hybridized carbons (Fsp3) is 0.261. The highest BCUT2D eigenvalue weighted by atomic mass is 35.5. The van der Waals surface area contributed by atoms with Crippen LogP contribution in [0.3, 0.4) is 0 Å². The molecule has 10 heteroatoms. The van der Waals surface area contributed by atoms with Gasteiger partial charge in [-0.3, -0.25) is 4.79 Å². The highest BCUT2D eigenvalue weighted by Crippen LogP contribution is 2.31. The number of rotatable bonds is 10. The number of carboxylic acids is 1. The molecule has 2 aromatic heterocycles. The molecule has 0 aliphatic carbocycles. The van der Waals surface area contributed by atoms with Gasteiger partial charge in [-0.1, -0.05) is 73.5 Å². The summed E-state index contributed by atoms with van der Waals surface area (Å²) >= 11 is 6.25. The van der Waals surface area contributed by atoms with Crippen molar-refractivity contribution in [2.45, 2.75) is 38.8 Å². The number of aromatic nitrogens is 6. The molecule has 0 saturated heterocycles. The summed E-state index contributed by atoms with van der Waals surface area (Å²) in [5.74, 6) is -1.52. The molecule has 0 saturated carbocycles. The average Bonchev–Trinajstić information content (AvgIpc) is 3.51. The third-order valence-corrected chi connectivity index (χ3v) is 5.62. The zero-order valence-corrected chi connectivity index (χ0v) is 18.5. The topological polar surface area (TPSA) is 130 Å². The maximum atomic E-state index is 12.0. The number of H-pyrrole nitrogens is 1. The first-order valence-corrected chi connectivity index (χ1v) is 10.7. The van der Waals surface area contributed by atoms with E-state index in [0.717, 1.165) is 22.3 Å². The molecule has 3 N–H and O–H groups in total. The fourth-order valence-corrected chi connectivity index (χ4v) is 4.02. The van der Waals surface area contributed by atoms with Crippen molar-refractivity contribution in [2.75, 3.05) is 0 Å². The van der Waals surface area contributed by atoms with E-state index in [0.29, 0.717) is 18.7 Å². The van der Waals surface area contributed by atoms with Crippen LogP contribution in [0.15, 0.2) is 48.5 Å². The summed E-state index contributed by atoms with van der Waals surface area (Å²) in [5.41, 5.74) is 3.12. The smallest absolute Gasteiger partial charge is 0.314 e. The first-order valence-electron chi connectivity index (χ1n) is 11.7. The van der Waals surface area contributed by atoms with E-state index < -0.39 is 18.4 Å². The zero-order valence-electron chi connectivity index (χ0n) is 20.7. The van der Waals surface area contributed by atoms with E-state index in [4.69, 9.17) is 15.8 Å². The molecule has 0 aliphatic heterocycles. The average molecular weight is 470 g/mol. The van der Waals surface area contributed by atoms with E-state index >= 15 is 0 Å². The van der Waals surface area contributed by atoms with Gasteiger partial charge in [0.05, 0.1) is 15.0 Å². The van der Waals surface area contributed by atoms with E-state index in [9.17, 15) is 9.90 Å². The van der Waals surface area contributed by atoms with Crippen LogP contribution in [0.1, 0.15) is 45.5 Å². The standard InChI is InChI=1S/C23H23ClN6O3/c1-2-5-18(23(32)33)22-25-20(24)19(13-31)30(22)12-14-8-10-15(11-9-14)16-6-3-4-7-17(16)21-26-28-29-27-21/h3-4,6-11,18,31H,2,5,12-13H2,1H3,(H,32,33)(H,26,27,28,29)/i13D2,31D. The number of hydrogen-bond donors (Lipinski definition) is 3. The highest BCUT2D eigenvalue weighted by Gasteiger charge is 2.27. The lowest BCUT2D eigenvalue weighted by atomic mass is 9.98. The molecule has 9 nitrogen and oxygen atoms in total. The number of tetrazole rings is 1. The van der Waals surface area contributed by atoms with Gasteiger partial charge in [-0.15, -0.1) is 10.2 Å². The Morgan fingerprint density at radius 2 is 2.00 bits per heavy atom. The number of aliphatic hydroxyl groups is 1. The molecule has 1 atom stereocenters. The van der Waals surface area contributed by atoms with Crippen LogP contribution in [-0.4, -0.2) is 47.8 Å². The second-order valence-electron chi connectivity index (χ2n) is 7.46. The number of nitrogens with one attached hydrogen (secondary N) is 1. The van der Waals surface area contributed by atoms with E-state index in [1.807, 2.05) is 55.5 Å². The van der Waals surface area contributed by atoms with Gasteiger partial charge in [0.1, 0.15) is 11.7 Å². The minimum atomic E-state index is -2.60. The molecule has 170 valence electrons. The minimum absolute atomic E-state index is 0.0769. The van der Waals surface area contributed by atoms with Crippen molar-refractivity contribution in [2.24, 2.45) is 0 Å². The summed E-state index contributed by atoms with van der Waals surface area (Å²) in [7, 11) is 0. The van der Waals surface area contributed by atoms with E-state index in [-0.39, 0.29) is 23.2 Å². The molecule has 1 unspecified atom stereocenters. The van der Waals surface area contributed by atoms with Crippen molar-refractivity contribution in [1.29, 1.82) is 1.43 Å². The Kier molecular flexibility index (Phi) is 5.70. The lowest BCUT2D eigenvalue weighted by Gasteiger charge is -2.16. The first-order chi connectivity index (χ1) is 17.3. The Balaban J connectivity index is 1.74. The summed E-state index contributed by atoms with van der Waals surface area (Å²) < 4.78 is 24.8. The normalized spacial score (nSPS) is 13.8. The lowest BCUT2D eigenvalue weighted by molar-refractivity contribution is -0.139. The van der Waals surface area contributed by atoms with Crippen LogP contribution >= 0.6 is 11.6 Å². The van der Waals surface area contributed by atoms with Gasteiger partial charge < -0.3 is 14.8 Å². The number of benzene rings is 2. The van der Waals surface area contributed by atoms with Crippen molar-refractivity contribution >= 4 is 17.6 Å². The minimum Gasteiger partial charge on any atom is -0.481 e. The Morgan fingerprint density at radius 3 is 2.64 bits per heavy atom. The highest BCUT2D eigenvalue weighted by molar-refractivity contribution is 6.30. The molecule has 33 heavy (non-hydrogen) atoms. The van der Waals surface area contributed by atoms with Crippen LogP contribution in [0.4, 0.5) is 0 Å². The van der Waals surface area contributed by atoms with Crippen LogP contribution in [0.2, 0.25) is 5.15 Å². The van der Waals surface area contributed by atoms with Gasteiger partial charge in [0.25, 0.3) is 0 Å².